The average Bonchev–Trinajstić information content (AvgIpc) is 3.39. The van der Waals surface area contributed by atoms with E-state index in [1.807, 2.05) is 20.8 Å². The fourth-order valence-electron chi connectivity index (χ4n) is 3.02. The molecule has 7 heteroatoms. The van der Waals surface area contributed by atoms with Crippen molar-refractivity contribution < 1.29 is 4.79 Å². The maximum absolute atomic E-state index is 12.7. The van der Waals surface area contributed by atoms with Crippen LogP contribution < -0.4 is 22.5 Å². The highest BCUT2D eigenvalue weighted by molar-refractivity contribution is 7.98. The lowest BCUT2D eigenvalue weighted by molar-refractivity contribution is 0.0955. The van der Waals surface area contributed by atoms with Gasteiger partial charge in [-0.3, -0.25) is 4.79 Å². The Labute approximate surface area is 175 Å². The van der Waals surface area contributed by atoms with Gasteiger partial charge in [0.1, 0.15) is 4.88 Å². The number of carbonyl (C=O) groups is 1. The molecule has 1 heterocycles. The molecule has 0 saturated heterocycles. The number of rotatable bonds is 5. The number of anilines is 2. The van der Waals surface area contributed by atoms with Crippen molar-refractivity contribution in [2.75, 3.05) is 17.7 Å². The van der Waals surface area contributed by atoms with Gasteiger partial charge in [-0.25, -0.2) is 0 Å². The summed E-state index contributed by atoms with van der Waals surface area (Å²) in [5, 5.41) is 3.60. The summed E-state index contributed by atoms with van der Waals surface area (Å²) in [5.74, 6) is 0.196. The van der Waals surface area contributed by atoms with E-state index >= 15 is 0 Å². The Morgan fingerprint density at radius 3 is 2.32 bits per heavy atom. The number of nitrogens with two attached hydrogens (primary N) is 3. The van der Waals surface area contributed by atoms with Crippen LogP contribution in [0.3, 0.4) is 0 Å². The fraction of sp³-hybridized carbons (Fsp3) is 0.381. The number of hydrogen-bond acceptors (Lipinski definition) is 6. The van der Waals surface area contributed by atoms with Gasteiger partial charge in [-0.2, -0.15) is 0 Å². The normalized spacial score (nSPS) is 18.6. The van der Waals surface area contributed by atoms with E-state index < -0.39 is 0 Å². The van der Waals surface area contributed by atoms with Gasteiger partial charge in [0.2, 0.25) is 0 Å². The predicted molar refractivity (Wildman–Crippen MR) is 124 cm³/mol. The first-order valence-corrected chi connectivity index (χ1v) is 11.4. The van der Waals surface area contributed by atoms with E-state index in [1.165, 1.54) is 21.8 Å². The molecule has 1 aliphatic rings. The number of thioether (sulfide) groups is 1. The molecule has 3 rings (SSSR count). The molecule has 5 nitrogen and oxygen atoms in total. The maximum atomic E-state index is 12.7. The summed E-state index contributed by atoms with van der Waals surface area (Å²) in [6.45, 7) is 7.66. The van der Waals surface area contributed by atoms with Crippen molar-refractivity contribution in [1.82, 2.24) is 5.32 Å². The second-order valence-electron chi connectivity index (χ2n) is 6.59. The van der Waals surface area contributed by atoms with Crippen molar-refractivity contribution in [3.05, 3.63) is 46.0 Å². The summed E-state index contributed by atoms with van der Waals surface area (Å²) < 4.78 is 0. The van der Waals surface area contributed by atoms with Crippen LogP contribution in [0.25, 0.3) is 5.57 Å². The molecule has 2 atom stereocenters. The van der Waals surface area contributed by atoms with Gasteiger partial charge in [0.05, 0.1) is 10.7 Å². The summed E-state index contributed by atoms with van der Waals surface area (Å²) in [5.41, 5.74) is 21.9. The zero-order chi connectivity index (χ0) is 21.0. The van der Waals surface area contributed by atoms with Gasteiger partial charge in [-0.05, 0) is 49.8 Å². The molecule has 2 unspecified atom stereocenters. The van der Waals surface area contributed by atoms with Crippen LogP contribution in [-0.2, 0) is 0 Å². The van der Waals surface area contributed by atoms with E-state index in [4.69, 9.17) is 17.2 Å². The summed E-state index contributed by atoms with van der Waals surface area (Å²) in [7, 11) is 0. The van der Waals surface area contributed by atoms with Gasteiger partial charge in [-0.15, -0.1) is 23.1 Å². The topological polar surface area (TPSA) is 107 Å². The van der Waals surface area contributed by atoms with Crippen LogP contribution in [-0.4, -0.2) is 18.2 Å². The smallest absolute Gasteiger partial charge is 0.263 e. The van der Waals surface area contributed by atoms with Gasteiger partial charge >= 0.3 is 0 Å². The first kappa shape index (κ1) is 22.2. The first-order valence-electron chi connectivity index (χ1n) is 9.39. The van der Waals surface area contributed by atoms with Crippen LogP contribution in [0.15, 0.2) is 34.9 Å². The van der Waals surface area contributed by atoms with Crippen LogP contribution in [0.1, 0.15) is 60.8 Å². The minimum absolute atomic E-state index is 0.140. The van der Waals surface area contributed by atoms with Crippen molar-refractivity contribution >= 4 is 45.3 Å². The highest BCUT2D eigenvalue weighted by atomic mass is 32.2. The molecule has 152 valence electrons. The molecule has 1 aliphatic carbocycles. The number of allylic oxidation sites excluding steroid dienone is 2. The van der Waals surface area contributed by atoms with Crippen LogP contribution in [0.2, 0.25) is 0 Å². The van der Waals surface area contributed by atoms with E-state index in [0.717, 1.165) is 12.0 Å². The number of benzene rings is 1. The maximum Gasteiger partial charge on any atom is 0.263 e. The van der Waals surface area contributed by atoms with E-state index in [9.17, 15) is 4.79 Å². The van der Waals surface area contributed by atoms with Crippen LogP contribution in [0, 0.1) is 0 Å². The Morgan fingerprint density at radius 2 is 1.79 bits per heavy atom. The molecule has 1 aromatic carbocycles. The van der Waals surface area contributed by atoms with E-state index in [2.05, 4.69) is 35.8 Å². The lowest BCUT2D eigenvalue weighted by atomic mass is 10.1. The molecule has 0 bridgehead atoms. The zero-order valence-electron chi connectivity index (χ0n) is 17.1. The standard InChI is InChI=1S/C19H24N4OS2.C2H6/c1-9(10(2)20)15-16(21)17(26-18(15)22)19(24)23-14-8-13(14)11-4-6-12(25-3)7-5-11;1-2/h4-7,13-14H,8,20-22H2,1-3H3,(H,23,24);1-2H3/b10-9-;. The molecule has 0 spiro atoms. The summed E-state index contributed by atoms with van der Waals surface area (Å²) in [6.07, 6.45) is 3.00. The molecule has 1 aromatic heterocycles. The molecule has 1 amide bonds. The number of amides is 1. The van der Waals surface area contributed by atoms with Crippen molar-refractivity contribution in [1.29, 1.82) is 0 Å². The molecular weight excluding hydrogens is 388 g/mol. The minimum Gasteiger partial charge on any atom is -0.402 e. The first-order chi connectivity index (χ1) is 13.3. The Bertz CT molecular complexity index is 867. The van der Waals surface area contributed by atoms with Crippen LogP contribution in [0.4, 0.5) is 10.7 Å². The third kappa shape index (κ3) is 4.64. The fourth-order valence-corrected chi connectivity index (χ4v) is 4.38. The Morgan fingerprint density at radius 1 is 1.18 bits per heavy atom. The second-order valence-corrected chi connectivity index (χ2v) is 8.52. The zero-order valence-corrected chi connectivity index (χ0v) is 18.8. The van der Waals surface area contributed by atoms with Crippen LogP contribution in [0.5, 0.6) is 0 Å². The van der Waals surface area contributed by atoms with Gasteiger partial charge in [-0.1, -0.05) is 26.0 Å². The summed E-state index contributed by atoms with van der Waals surface area (Å²) >= 11 is 2.94. The largest absolute Gasteiger partial charge is 0.402 e. The molecule has 0 aliphatic heterocycles. The van der Waals surface area contributed by atoms with Gasteiger partial charge in [0.15, 0.2) is 0 Å². The average molecular weight is 419 g/mol. The van der Waals surface area contributed by atoms with Crippen molar-refractivity contribution in [3.63, 3.8) is 0 Å². The number of hydrogen-bond donors (Lipinski definition) is 4. The third-order valence-electron chi connectivity index (χ3n) is 4.80. The highest BCUT2D eigenvalue weighted by Crippen LogP contribution is 2.43. The summed E-state index contributed by atoms with van der Waals surface area (Å²) in [4.78, 5) is 14.4. The molecule has 7 N–H and O–H groups in total. The quantitative estimate of drug-likeness (QED) is 0.528. The molecule has 1 fully saturated rings. The lowest BCUT2D eigenvalue weighted by Gasteiger charge is -2.07. The number of nitrogens with one attached hydrogen (secondary N) is 1. The number of carbonyl (C=O) groups excluding carboxylic acids is 1. The molecular formula is C21H30N4OS2. The minimum atomic E-state index is -0.166. The van der Waals surface area contributed by atoms with Crippen LogP contribution >= 0.6 is 23.1 Å². The molecule has 1 saturated carbocycles. The SMILES string of the molecule is CC.CSc1ccc(C2CC2NC(=O)c2sc(N)c(/C(C)=C(/C)N)c2N)cc1. The Kier molecular flexibility index (Phi) is 7.43. The Balaban J connectivity index is 0.00000136. The second kappa shape index (κ2) is 9.39. The number of thiophene rings is 1. The number of nitrogen functional groups attached to an aromatic ring is 2. The highest BCUT2D eigenvalue weighted by Gasteiger charge is 2.40. The monoisotopic (exact) mass is 418 g/mol. The van der Waals surface area contributed by atoms with Crippen molar-refractivity contribution in [2.45, 2.75) is 51.0 Å². The van der Waals surface area contributed by atoms with E-state index in [-0.39, 0.29) is 11.9 Å². The third-order valence-corrected chi connectivity index (χ3v) is 6.57. The Hall–Kier alpha value is -2.12. The van der Waals surface area contributed by atoms with Gasteiger partial charge in [0, 0.05) is 28.1 Å². The lowest BCUT2D eigenvalue weighted by Crippen LogP contribution is -2.26. The van der Waals surface area contributed by atoms with Crippen molar-refractivity contribution in [2.24, 2.45) is 5.73 Å². The molecule has 0 radical (unpaired) electrons. The molecule has 2 aromatic rings. The van der Waals surface area contributed by atoms with E-state index in [0.29, 0.717) is 32.7 Å². The predicted octanol–water partition coefficient (Wildman–Crippen LogP) is 4.66. The van der Waals surface area contributed by atoms with E-state index in [1.54, 1.807) is 18.7 Å². The molecule has 28 heavy (non-hydrogen) atoms. The van der Waals surface area contributed by atoms with Gasteiger partial charge in [0.25, 0.3) is 5.91 Å². The van der Waals surface area contributed by atoms with Gasteiger partial charge < -0.3 is 22.5 Å². The van der Waals surface area contributed by atoms with Crippen molar-refractivity contribution in [3.8, 4) is 0 Å². The summed E-state index contributed by atoms with van der Waals surface area (Å²) in [6, 6.07) is 8.64.